The summed E-state index contributed by atoms with van der Waals surface area (Å²) in [6, 6.07) is 8.15. The number of nitrogens with one attached hydrogen (secondary N) is 1. The second-order valence-electron chi connectivity index (χ2n) is 12.6. The van der Waals surface area contributed by atoms with Crippen LogP contribution in [0.2, 0.25) is 0 Å². The number of aliphatic hydroxyl groups excluding tert-OH is 1. The molecule has 5 rings (SSSR count). The molecule has 0 aromatic heterocycles. The minimum Gasteiger partial charge on any atom is -0.455 e. The molecule has 43 heavy (non-hydrogen) atoms. The van der Waals surface area contributed by atoms with Gasteiger partial charge in [-0.15, -0.1) is 0 Å². The topological polar surface area (TPSA) is 125 Å². The van der Waals surface area contributed by atoms with E-state index < -0.39 is 47.2 Å². The van der Waals surface area contributed by atoms with Crippen molar-refractivity contribution >= 4 is 39.6 Å². The zero-order valence-corrected chi connectivity index (χ0v) is 26.4. The fourth-order valence-electron chi connectivity index (χ4n) is 6.66. The Labute approximate surface area is 260 Å². The third kappa shape index (κ3) is 5.91. The van der Waals surface area contributed by atoms with Gasteiger partial charge >= 0.3 is 5.97 Å². The summed E-state index contributed by atoms with van der Waals surface area (Å²) >= 11 is 3.58. The Kier molecular flexibility index (Phi) is 9.15. The number of benzene rings is 1. The Morgan fingerprint density at radius 1 is 1.07 bits per heavy atom. The second kappa shape index (κ2) is 12.5. The Morgan fingerprint density at radius 3 is 2.51 bits per heavy atom. The zero-order chi connectivity index (χ0) is 30.9. The van der Waals surface area contributed by atoms with Gasteiger partial charge in [-0.1, -0.05) is 58.4 Å². The lowest BCUT2D eigenvalue weighted by Gasteiger charge is -2.41. The highest BCUT2D eigenvalue weighted by atomic mass is 79.9. The van der Waals surface area contributed by atoms with Gasteiger partial charge in [0.25, 0.3) is 0 Å². The Bertz CT molecular complexity index is 1310. The lowest BCUT2D eigenvalue weighted by Crippen LogP contribution is -2.59. The van der Waals surface area contributed by atoms with E-state index in [0.717, 1.165) is 0 Å². The third-order valence-electron chi connectivity index (χ3n) is 8.72. The molecule has 6 atom stereocenters. The first-order chi connectivity index (χ1) is 20.5. The van der Waals surface area contributed by atoms with Crippen LogP contribution in [0.25, 0.3) is 0 Å². The molecular formula is C32H40BrN3O7. The molecule has 5 bridgehead atoms. The second-order valence-corrected chi connectivity index (χ2v) is 13.5. The number of carbonyl (C=O) groups is 4. The number of allylic oxidation sites excluding steroid dienone is 1. The minimum atomic E-state index is -1.36. The van der Waals surface area contributed by atoms with E-state index in [4.69, 9.17) is 9.47 Å². The first-order valence-electron chi connectivity index (χ1n) is 15.0. The van der Waals surface area contributed by atoms with Gasteiger partial charge in [0.15, 0.2) is 0 Å². The number of nitrogens with zero attached hydrogens (tertiary/aromatic N) is 2. The average molecular weight is 659 g/mol. The fourth-order valence-corrected chi connectivity index (χ4v) is 7.40. The van der Waals surface area contributed by atoms with Gasteiger partial charge in [0.1, 0.15) is 29.8 Å². The predicted molar refractivity (Wildman–Crippen MR) is 162 cm³/mol. The Morgan fingerprint density at radius 2 is 1.81 bits per heavy atom. The Balaban J connectivity index is 1.59. The van der Waals surface area contributed by atoms with Crippen molar-refractivity contribution in [2.24, 2.45) is 11.8 Å². The van der Waals surface area contributed by atoms with Crippen molar-refractivity contribution in [2.45, 2.75) is 75.8 Å². The van der Waals surface area contributed by atoms with Gasteiger partial charge in [0, 0.05) is 36.1 Å². The lowest BCUT2D eigenvalue weighted by atomic mass is 9.74. The smallest absolute Gasteiger partial charge is 0.313 e. The summed E-state index contributed by atoms with van der Waals surface area (Å²) in [7, 11) is 0. The molecule has 2 N–H and O–H groups in total. The van der Waals surface area contributed by atoms with E-state index in [1.807, 2.05) is 63.3 Å². The van der Waals surface area contributed by atoms with Crippen LogP contribution in [-0.2, 0) is 28.7 Å². The molecule has 232 valence electrons. The van der Waals surface area contributed by atoms with Crippen molar-refractivity contribution in [3.63, 3.8) is 0 Å². The zero-order valence-electron chi connectivity index (χ0n) is 24.8. The van der Waals surface area contributed by atoms with E-state index in [1.54, 1.807) is 15.9 Å². The molecule has 11 heteroatoms. The highest BCUT2D eigenvalue weighted by molar-refractivity contribution is 9.11. The van der Waals surface area contributed by atoms with Gasteiger partial charge in [-0.05, 0) is 51.7 Å². The van der Waals surface area contributed by atoms with Crippen molar-refractivity contribution in [2.75, 3.05) is 26.2 Å². The SMILES string of the molecule is CC(C)(C)N1C/C=C\CCC(=O)NC[C@H](c2ccccc2)OC(=O)[C@H]2[C@@H]3O[C@@]4(C=C3Br)[C@@H]2C(=O)N(CCCCO)[C@@H]4C1=O. The average Bonchev–Trinajstić information content (AvgIpc) is 3.55. The molecule has 4 heterocycles. The lowest BCUT2D eigenvalue weighted by molar-refractivity contribution is -0.160. The van der Waals surface area contributed by atoms with Gasteiger partial charge in [-0.2, -0.15) is 0 Å². The van der Waals surface area contributed by atoms with Crippen LogP contribution in [0.3, 0.4) is 0 Å². The molecule has 4 aliphatic heterocycles. The molecule has 3 amide bonds. The normalized spacial score (nSPS) is 32.4. The van der Waals surface area contributed by atoms with E-state index >= 15 is 0 Å². The number of carbonyl (C=O) groups excluding carboxylic acids is 4. The minimum absolute atomic E-state index is 0.0372. The van der Waals surface area contributed by atoms with Gasteiger partial charge < -0.3 is 29.7 Å². The summed E-state index contributed by atoms with van der Waals surface area (Å²) in [5.74, 6) is -3.39. The molecule has 1 aromatic carbocycles. The van der Waals surface area contributed by atoms with Crippen LogP contribution in [0, 0.1) is 11.8 Å². The molecule has 4 aliphatic rings. The maximum Gasteiger partial charge on any atom is 0.313 e. The first kappa shape index (κ1) is 31.4. The summed E-state index contributed by atoms with van der Waals surface area (Å²) in [4.78, 5) is 58.8. The number of esters is 1. The fraction of sp³-hybridized carbons (Fsp3) is 0.562. The van der Waals surface area contributed by atoms with Crippen LogP contribution in [0.5, 0.6) is 0 Å². The van der Waals surface area contributed by atoms with Crippen LogP contribution < -0.4 is 5.32 Å². The Hall–Kier alpha value is -3.02. The molecular weight excluding hydrogens is 618 g/mol. The van der Waals surface area contributed by atoms with Crippen LogP contribution in [0.15, 0.2) is 53.0 Å². The molecule has 10 nitrogen and oxygen atoms in total. The van der Waals surface area contributed by atoms with Crippen molar-refractivity contribution in [1.82, 2.24) is 15.1 Å². The number of hydrogen-bond donors (Lipinski definition) is 2. The molecule has 2 fully saturated rings. The van der Waals surface area contributed by atoms with Crippen LogP contribution in [-0.4, -0.2) is 88.1 Å². The van der Waals surface area contributed by atoms with Crippen molar-refractivity contribution < 1.29 is 33.8 Å². The quantitative estimate of drug-likeness (QED) is 0.283. The van der Waals surface area contributed by atoms with E-state index in [2.05, 4.69) is 21.2 Å². The van der Waals surface area contributed by atoms with Crippen LogP contribution in [0.1, 0.15) is 58.1 Å². The van der Waals surface area contributed by atoms with E-state index in [-0.39, 0.29) is 50.4 Å². The van der Waals surface area contributed by atoms with Crippen molar-refractivity contribution in [1.29, 1.82) is 0 Å². The molecule has 1 spiro atoms. The number of likely N-dealkylation sites (tertiary alicyclic amines) is 1. The number of hydrogen-bond acceptors (Lipinski definition) is 7. The van der Waals surface area contributed by atoms with Gasteiger partial charge in [0.2, 0.25) is 17.7 Å². The van der Waals surface area contributed by atoms with E-state index in [0.29, 0.717) is 29.3 Å². The number of unbranched alkanes of at least 4 members (excludes halogenated alkanes) is 1. The molecule has 0 saturated carbocycles. The summed E-state index contributed by atoms with van der Waals surface area (Å²) in [6.07, 6.45) is 5.63. The van der Waals surface area contributed by atoms with Crippen molar-refractivity contribution in [3.8, 4) is 0 Å². The van der Waals surface area contributed by atoms with E-state index in [1.165, 1.54) is 0 Å². The number of amides is 3. The number of aliphatic hydroxyl groups is 1. The highest BCUT2D eigenvalue weighted by Crippen LogP contribution is 2.59. The molecule has 0 unspecified atom stereocenters. The summed E-state index contributed by atoms with van der Waals surface area (Å²) < 4.78 is 13.2. The number of fused-ring (bicyclic) bond motifs is 2. The van der Waals surface area contributed by atoms with E-state index in [9.17, 15) is 24.3 Å². The summed E-state index contributed by atoms with van der Waals surface area (Å²) in [5.41, 5.74) is -1.26. The number of halogens is 1. The number of ether oxygens (including phenoxy) is 2. The summed E-state index contributed by atoms with van der Waals surface area (Å²) in [5, 5.41) is 12.3. The van der Waals surface area contributed by atoms with Crippen LogP contribution in [0.4, 0.5) is 0 Å². The molecule has 1 aromatic rings. The van der Waals surface area contributed by atoms with Gasteiger partial charge in [-0.25, -0.2) is 0 Å². The monoisotopic (exact) mass is 657 g/mol. The van der Waals surface area contributed by atoms with Crippen molar-refractivity contribution in [3.05, 3.63) is 58.6 Å². The maximum absolute atomic E-state index is 14.6. The molecule has 2 saturated heterocycles. The number of cyclic esters (lactones) is 1. The molecule has 0 aliphatic carbocycles. The van der Waals surface area contributed by atoms with Gasteiger partial charge in [0.05, 0.1) is 12.5 Å². The van der Waals surface area contributed by atoms with Crippen LogP contribution >= 0.6 is 15.9 Å². The first-order valence-corrected chi connectivity index (χ1v) is 15.7. The standard InChI is InChI=1S/C32H40BrN3O7/c1-31(2,3)36-16-9-5-8-14-23(38)34-19-22(20-12-6-4-7-13-20)42-30(41)24-25-28(39)35(15-10-11-17-37)27(29(36)40)32(25)18-21(33)26(24)43-32/h4-7,9,12-13,18,22,24-27,37H,8,10-11,14-17,19H2,1-3H3,(H,34,38)/b9-5-/t22-,24-,25+,26-,27-,32+/m1/s1. The number of rotatable bonds is 5. The highest BCUT2D eigenvalue weighted by Gasteiger charge is 2.75. The predicted octanol–water partition coefficient (Wildman–Crippen LogP) is 3.01. The largest absolute Gasteiger partial charge is 0.455 e. The summed E-state index contributed by atoms with van der Waals surface area (Å²) in [6.45, 7) is 6.34. The van der Waals surface area contributed by atoms with Gasteiger partial charge in [-0.3, -0.25) is 19.2 Å². The third-order valence-corrected chi connectivity index (χ3v) is 9.40. The maximum atomic E-state index is 14.6. The molecule has 0 radical (unpaired) electrons.